The van der Waals surface area contributed by atoms with E-state index in [1.54, 1.807) is 0 Å². The predicted molar refractivity (Wildman–Crippen MR) is 47.1 cm³/mol. The van der Waals surface area contributed by atoms with Gasteiger partial charge in [-0.1, -0.05) is 31.2 Å². The maximum Gasteiger partial charge on any atom is 0.0183 e. The highest BCUT2D eigenvalue weighted by Gasteiger charge is 2.02. The summed E-state index contributed by atoms with van der Waals surface area (Å²) in [5.74, 6) is 0.282. The van der Waals surface area contributed by atoms with Crippen molar-refractivity contribution in [2.75, 3.05) is 0 Å². The Morgan fingerprint density at radius 1 is 1.55 bits per heavy atom. The highest BCUT2D eigenvalue weighted by atomic mass is 14.3. The third-order valence-electron chi connectivity index (χ3n) is 1.81. The van der Waals surface area contributed by atoms with Gasteiger partial charge in [0, 0.05) is 12.1 Å². The van der Waals surface area contributed by atoms with Crippen LogP contribution >= 0.6 is 0 Å². The highest BCUT2D eigenvalue weighted by Crippen LogP contribution is 2.15. The maximum absolute atomic E-state index is 7.16. The van der Waals surface area contributed by atoms with Crippen molar-refractivity contribution in [1.29, 1.82) is 5.41 Å². The second kappa shape index (κ2) is 3.91. The van der Waals surface area contributed by atoms with Gasteiger partial charge in [0.1, 0.15) is 0 Å². The zero-order valence-corrected chi connectivity index (χ0v) is 6.67. The molecule has 57 valence electrons. The smallest absolute Gasteiger partial charge is 0.0183 e. The first-order chi connectivity index (χ1) is 5.38. The monoisotopic (exact) mass is 146 g/mol. The first-order valence-electron chi connectivity index (χ1n) is 3.85. The molecule has 1 aromatic carbocycles. The van der Waals surface area contributed by atoms with Gasteiger partial charge in [0.05, 0.1) is 0 Å². The number of rotatable bonds is 3. The molecule has 0 saturated carbocycles. The quantitative estimate of drug-likeness (QED) is 0.634. The van der Waals surface area contributed by atoms with Gasteiger partial charge in [0.2, 0.25) is 0 Å². The summed E-state index contributed by atoms with van der Waals surface area (Å²) in [6, 6.07) is 10.8. The fraction of sp³-hybridized carbons (Fsp3) is 0.300. The lowest BCUT2D eigenvalue weighted by molar-refractivity contribution is 0.855. The van der Waals surface area contributed by atoms with E-state index < -0.39 is 0 Å². The van der Waals surface area contributed by atoms with E-state index in [9.17, 15) is 0 Å². The molecule has 0 fully saturated rings. The van der Waals surface area contributed by atoms with E-state index in [0.717, 1.165) is 6.42 Å². The Morgan fingerprint density at radius 2 is 2.18 bits per heavy atom. The Bertz CT molecular complexity index is 216. The number of benzene rings is 1. The van der Waals surface area contributed by atoms with E-state index >= 15 is 0 Å². The van der Waals surface area contributed by atoms with Crippen molar-refractivity contribution in [1.82, 2.24) is 0 Å². The Labute approximate surface area is 67.6 Å². The van der Waals surface area contributed by atoms with E-state index in [-0.39, 0.29) is 5.92 Å². The van der Waals surface area contributed by atoms with Gasteiger partial charge in [-0.05, 0) is 18.1 Å². The van der Waals surface area contributed by atoms with Gasteiger partial charge in [0.15, 0.2) is 0 Å². The van der Waals surface area contributed by atoms with Crippen molar-refractivity contribution in [3.8, 4) is 0 Å². The van der Waals surface area contributed by atoms with Crippen LogP contribution in [0.5, 0.6) is 0 Å². The van der Waals surface area contributed by atoms with Crippen LogP contribution in [-0.2, 0) is 0 Å². The Balaban J connectivity index is 2.82. The summed E-state index contributed by atoms with van der Waals surface area (Å²) in [6.07, 6.45) is 2.49. The van der Waals surface area contributed by atoms with Crippen LogP contribution in [0.15, 0.2) is 24.3 Å². The van der Waals surface area contributed by atoms with Gasteiger partial charge in [-0.25, -0.2) is 0 Å². The highest BCUT2D eigenvalue weighted by molar-refractivity contribution is 5.64. The lowest BCUT2D eigenvalue weighted by Gasteiger charge is -2.07. The SMILES string of the molecule is CC[C@H](C=N)c1cc[c]cc1. The fourth-order valence-corrected chi connectivity index (χ4v) is 1.10. The van der Waals surface area contributed by atoms with Crippen molar-refractivity contribution in [2.24, 2.45) is 0 Å². The molecule has 1 nitrogen and oxygen atoms in total. The summed E-state index contributed by atoms with van der Waals surface area (Å²) in [4.78, 5) is 0. The molecular weight excluding hydrogens is 134 g/mol. The molecule has 0 aliphatic carbocycles. The summed E-state index contributed by atoms with van der Waals surface area (Å²) >= 11 is 0. The molecule has 1 N–H and O–H groups in total. The van der Waals surface area contributed by atoms with Gasteiger partial charge in [-0.2, -0.15) is 0 Å². The molecule has 0 heterocycles. The number of hydrogen-bond acceptors (Lipinski definition) is 1. The summed E-state index contributed by atoms with van der Waals surface area (Å²) in [5, 5.41) is 7.16. The first kappa shape index (κ1) is 7.99. The third kappa shape index (κ3) is 1.90. The largest absolute Gasteiger partial charge is 0.312 e. The molecule has 0 unspecified atom stereocenters. The van der Waals surface area contributed by atoms with Crippen LogP contribution in [-0.4, -0.2) is 6.21 Å². The van der Waals surface area contributed by atoms with Crippen molar-refractivity contribution in [2.45, 2.75) is 19.3 Å². The third-order valence-corrected chi connectivity index (χ3v) is 1.81. The molecule has 0 bridgehead atoms. The molecule has 0 saturated heterocycles. The summed E-state index contributed by atoms with van der Waals surface area (Å²) < 4.78 is 0. The summed E-state index contributed by atoms with van der Waals surface area (Å²) in [5.41, 5.74) is 1.21. The molecule has 1 aromatic rings. The van der Waals surface area contributed by atoms with Gasteiger partial charge >= 0.3 is 0 Å². The van der Waals surface area contributed by atoms with Crippen LogP contribution in [0.3, 0.4) is 0 Å². The molecule has 11 heavy (non-hydrogen) atoms. The average molecular weight is 146 g/mol. The lowest BCUT2D eigenvalue weighted by atomic mass is 9.98. The van der Waals surface area contributed by atoms with Gasteiger partial charge in [0.25, 0.3) is 0 Å². The predicted octanol–water partition coefficient (Wildman–Crippen LogP) is 2.63. The Kier molecular flexibility index (Phi) is 2.84. The van der Waals surface area contributed by atoms with Crippen molar-refractivity contribution in [3.05, 3.63) is 35.9 Å². The molecule has 0 amide bonds. The van der Waals surface area contributed by atoms with Crippen LogP contribution in [0.1, 0.15) is 24.8 Å². The van der Waals surface area contributed by atoms with E-state index in [1.165, 1.54) is 11.8 Å². The molecule has 0 aromatic heterocycles. The normalized spacial score (nSPS) is 12.5. The van der Waals surface area contributed by atoms with Crippen LogP contribution < -0.4 is 0 Å². The van der Waals surface area contributed by atoms with Crippen molar-refractivity contribution >= 4 is 6.21 Å². The zero-order valence-electron chi connectivity index (χ0n) is 6.67. The van der Waals surface area contributed by atoms with Crippen LogP contribution in [0.2, 0.25) is 0 Å². The van der Waals surface area contributed by atoms with Crippen LogP contribution in [0, 0.1) is 11.5 Å². The van der Waals surface area contributed by atoms with Crippen molar-refractivity contribution < 1.29 is 0 Å². The van der Waals surface area contributed by atoms with E-state index in [1.807, 2.05) is 24.3 Å². The molecule has 0 spiro atoms. The van der Waals surface area contributed by atoms with E-state index in [4.69, 9.17) is 5.41 Å². The number of hydrogen-bond donors (Lipinski definition) is 1. The van der Waals surface area contributed by atoms with Crippen LogP contribution in [0.4, 0.5) is 0 Å². The minimum absolute atomic E-state index is 0.282. The summed E-state index contributed by atoms with van der Waals surface area (Å²) in [7, 11) is 0. The molecule has 0 aliphatic heterocycles. The van der Waals surface area contributed by atoms with E-state index in [0.29, 0.717) is 0 Å². The Hall–Kier alpha value is -1.11. The summed E-state index contributed by atoms with van der Waals surface area (Å²) in [6.45, 7) is 2.09. The zero-order chi connectivity index (χ0) is 8.10. The topological polar surface area (TPSA) is 23.9 Å². The van der Waals surface area contributed by atoms with E-state index in [2.05, 4.69) is 13.0 Å². The molecule has 0 aliphatic rings. The minimum Gasteiger partial charge on any atom is -0.312 e. The second-order valence-corrected chi connectivity index (χ2v) is 2.51. The first-order valence-corrected chi connectivity index (χ1v) is 3.85. The fourth-order valence-electron chi connectivity index (χ4n) is 1.10. The number of nitrogens with one attached hydrogen (secondary N) is 1. The lowest BCUT2D eigenvalue weighted by Crippen LogP contribution is -1.96. The Morgan fingerprint density at radius 3 is 2.64 bits per heavy atom. The second-order valence-electron chi connectivity index (χ2n) is 2.51. The average Bonchev–Trinajstić information content (AvgIpc) is 2.09. The van der Waals surface area contributed by atoms with Gasteiger partial charge < -0.3 is 5.41 Å². The molecule has 1 radical (unpaired) electrons. The van der Waals surface area contributed by atoms with Crippen molar-refractivity contribution in [3.63, 3.8) is 0 Å². The molecule has 1 heteroatoms. The molecule has 1 rings (SSSR count). The molecular formula is C10H12N. The van der Waals surface area contributed by atoms with Crippen LogP contribution in [0.25, 0.3) is 0 Å². The van der Waals surface area contributed by atoms with Gasteiger partial charge in [-0.15, -0.1) is 0 Å². The standard InChI is InChI=1S/C10H12N/c1-2-9(8-11)10-6-4-3-5-7-10/h4-9,11H,2H2,1H3/t9-/m1/s1. The van der Waals surface area contributed by atoms with Gasteiger partial charge in [-0.3, -0.25) is 0 Å². The maximum atomic E-state index is 7.16. The molecule has 1 atom stereocenters. The minimum atomic E-state index is 0.282.